The van der Waals surface area contributed by atoms with E-state index in [2.05, 4.69) is 5.32 Å². The van der Waals surface area contributed by atoms with Gasteiger partial charge in [-0.05, 0) is 80.6 Å². The molecular weight excluding hydrogens is 304 g/mol. The Morgan fingerprint density at radius 2 is 1.61 bits per heavy atom. The van der Waals surface area contributed by atoms with E-state index in [0.29, 0.717) is 5.11 Å². The van der Waals surface area contributed by atoms with Crippen molar-refractivity contribution in [3.8, 4) is 0 Å². The predicted octanol–water partition coefficient (Wildman–Crippen LogP) is 3.74. The number of nitrogens with one attached hydrogen (secondary N) is 1. The minimum absolute atomic E-state index is 0.143. The van der Waals surface area contributed by atoms with Crippen LogP contribution in [0.3, 0.4) is 0 Å². The highest BCUT2D eigenvalue weighted by molar-refractivity contribution is 7.80. The largest absolute Gasteiger partial charge is 0.322 e. The molecule has 1 amide bonds. The van der Waals surface area contributed by atoms with Gasteiger partial charge >= 0.3 is 0 Å². The Balaban J connectivity index is 1.47. The third-order valence-electron chi connectivity index (χ3n) is 6.19. The number of carbonyl (C=O) groups is 1. The average molecular weight is 328 g/mol. The SMILES string of the molecule is CN(C(=S)NC(=O)C12CC3CC(CC(C3)C1)C2)c1ccccc1. The minimum atomic E-state index is -0.143. The summed E-state index contributed by atoms with van der Waals surface area (Å²) in [5, 5.41) is 3.56. The summed E-state index contributed by atoms with van der Waals surface area (Å²) in [6, 6.07) is 9.95. The highest BCUT2D eigenvalue weighted by Gasteiger charge is 2.54. The number of hydrogen-bond acceptors (Lipinski definition) is 2. The standard InChI is InChI=1S/C19H24N2OS/c1-21(16-5-3-2-4-6-16)18(23)20-17(22)19-10-13-7-14(11-19)9-15(8-13)12-19/h2-6,13-15H,7-12H2,1H3,(H,20,22,23). The molecule has 0 aliphatic heterocycles. The number of carbonyl (C=O) groups excluding carboxylic acids is 1. The molecule has 4 saturated carbocycles. The first kappa shape index (κ1) is 15.1. The molecule has 4 fully saturated rings. The second kappa shape index (κ2) is 5.59. The lowest BCUT2D eigenvalue weighted by molar-refractivity contribution is -0.144. The van der Waals surface area contributed by atoms with Crippen molar-refractivity contribution in [1.82, 2.24) is 5.32 Å². The van der Waals surface area contributed by atoms with E-state index in [0.717, 1.165) is 42.7 Å². The lowest BCUT2D eigenvalue weighted by atomic mass is 9.49. The van der Waals surface area contributed by atoms with Gasteiger partial charge in [-0.3, -0.25) is 4.79 Å². The van der Waals surface area contributed by atoms with Crippen molar-refractivity contribution in [2.45, 2.75) is 38.5 Å². The maximum atomic E-state index is 13.0. The molecule has 122 valence electrons. The molecule has 0 atom stereocenters. The smallest absolute Gasteiger partial charge is 0.232 e. The van der Waals surface area contributed by atoms with Crippen LogP contribution in [-0.4, -0.2) is 18.1 Å². The van der Waals surface area contributed by atoms with Gasteiger partial charge in [-0.15, -0.1) is 0 Å². The van der Waals surface area contributed by atoms with Crippen molar-refractivity contribution in [3.05, 3.63) is 30.3 Å². The molecule has 3 nitrogen and oxygen atoms in total. The van der Waals surface area contributed by atoms with E-state index < -0.39 is 0 Å². The molecule has 1 aromatic rings. The van der Waals surface area contributed by atoms with Crippen molar-refractivity contribution in [2.75, 3.05) is 11.9 Å². The fourth-order valence-corrected chi connectivity index (χ4v) is 5.67. The fraction of sp³-hybridized carbons (Fsp3) is 0.579. The number of amides is 1. The molecule has 4 bridgehead atoms. The van der Waals surface area contributed by atoms with Gasteiger partial charge in [0.1, 0.15) is 0 Å². The highest BCUT2D eigenvalue weighted by atomic mass is 32.1. The van der Waals surface area contributed by atoms with E-state index in [1.807, 2.05) is 42.3 Å². The fourth-order valence-electron chi connectivity index (χ4n) is 5.47. The summed E-state index contributed by atoms with van der Waals surface area (Å²) in [5.74, 6) is 2.48. The monoisotopic (exact) mass is 328 g/mol. The second-order valence-electron chi connectivity index (χ2n) is 7.85. The minimum Gasteiger partial charge on any atom is -0.322 e. The van der Waals surface area contributed by atoms with Gasteiger partial charge in [0.05, 0.1) is 5.41 Å². The molecular formula is C19H24N2OS. The topological polar surface area (TPSA) is 32.3 Å². The first-order valence-corrected chi connectivity index (χ1v) is 9.11. The summed E-state index contributed by atoms with van der Waals surface area (Å²) >= 11 is 5.48. The first-order valence-electron chi connectivity index (χ1n) is 8.70. The number of anilines is 1. The molecule has 0 radical (unpaired) electrons. The molecule has 4 aliphatic rings. The zero-order valence-electron chi connectivity index (χ0n) is 13.6. The molecule has 23 heavy (non-hydrogen) atoms. The van der Waals surface area contributed by atoms with Crippen molar-refractivity contribution in [3.63, 3.8) is 0 Å². The first-order chi connectivity index (χ1) is 11.1. The van der Waals surface area contributed by atoms with Crippen molar-refractivity contribution in [2.24, 2.45) is 23.2 Å². The molecule has 0 saturated heterocycles. The van der Waals surface area contributed by atoms with E-state index in [-0.39, 0.29) is 11.3 Å². The third kappa shape index (κ3) is 2.67. The number of benzene rings is 1. The number of nitrogens with zero attached hydrogens (tertiary/aromatic N) is 1. The van der Waals surface area contributed by atoms with Gasteiger partial charge in [-0.1, -0.05) is 18.2 Å². The summed E-state index contributed by atoms with van der Waals surface area (Å²) in [6.07, 6.45) is 7.26. The Labute approximate surface area is 143 Å². The van der Waals surface area contributed by atoms with E-state index in [4.69, 9.17) is 12.2 Å². The summed E-state index contributed by atoms with van der Waals surface area (Å²) in [7, 11) is 1.91. The van der Waals surface area contributed by atoms with Gasteiger partial charge in [0.25, 0.3) is 0 Å². The van der Waals surface area contributed by atoms with Crippen LogP contribution in [0.1, 0.15) is 38.5 Å². The molecule has 4 aliphatic carbocycles. The Morgan fingerprint density at radius 1 is 1.09 bits per heavy atom. The van der Waals surface area contributed by atoms with Crippen LogP contribution in [0.25, 0.3) is 0 Å². The lowest BCUT2D eigenvalue weighted by Crippen LogP contribution is -2.55. The van der Waals surface area contributed by atoms with Crippen molar-refractivity contribution in [1.29, 1.82) is 0 Å². The summed E-state index contributed by atoms with van der Waals surface area (Å²) in [5.41, 5.74) is 0.861. The van der Waals surface area contributed by atoms with Crippen LogP contribution in [0.4, 0.5) is 5.69 Å². The maximum Gasteiger partial charge on any atom is 0.232 e. The van der Waals surface area contributed by atoms with Crippen LogP contribution in [0.15, 0.2) is 30.3 Å². The van der Waals surface area contributed by atoms with Crippen LogP contribution in [-0.2, 0) is 4.79 Å². The molecule has 1 N–H and O–H groups in total. The van der Waals surface area contributed by atoms with Crippen LogP contribution in [0, 0.1) is 23.2 Å². The molecule has 0 unspecified atom stereocenters. The molecule has 0 heterocycles. The molecule has 5 rings (SSSR count). The van der Waals surface area contributed by atoms with Crippen LogP contribution < -0.4 is 10.2 Å². The summed E-state index contributed by atoms with van der Waals surface area (Å²) < 4.78 is 0. The van der Waals surface area contributed by atoms with Crippen molar-refractivity contribution >= 4 is 28.9 Å². The zero-order chi connectivity index (χ0) is 16.0. The van der Waals surface area contributed by atoms with Crippen LogP contribution >= 0.6 is 12.2 Å². The predicted molar refractivity (Wildman–Crippen MR) is 96.2 cm³/mol. The lowest BCUT2D eigenvalue weighted by Gasteiger charge is -2.55. The Kier molecular flexibility index (Phi) is 3.67. The number of hydrogen-bond donors (Lipinski definition) is 1. The normalized spacial score (nSPS) is 34.2. The third-order valence-corrected chi connectivity index (χ3v) is 6.56. The van der Waals surface area contributed by atoms with Crippen LogP contribution in [0.2, 0.25) is 0 Å². The quantitative estimate of drug-likeness (QED) is 0.840. The van der Waals surface area contributed by atoms with E-state index in [9.17, 15) is 4.79 Å². The molecule has 0 spiro atoms. The zero-order valence-corrected chi connectivity index (χ0v) is 14.4. The van der Waals surface area contributed by atoms with Gasteiger partial charge in [0, 0.05) is 12.7 Å². The average Bonchev–Trinajstić information content (AvgIpc) is 2.53. The van der Waals surface area contributed by atoms with Gasteiger partial charge in [-0.25, -0.2) is 0 Å². The molecule has 4 heteroatoms. The highest BCUT2D eigenvalue weighted by Crippen LogP contribution is 2.60. The van der Waals surface area contributed by atoms with Crippen molar-refractivity contribution < 1.29 is 4.79 Å². The summed E-state index contributed by atoms with van der Waals surface area (Å²) in [6.45, 7) is 0. The van der Waals surface area contributed by atoms with Crippen LogP contribution in [0.5, 0.6) is 0 Å². The molecule has 1 aromatic carbocycles. The van der Waals surface area contributed by atoms with E-state index in [1.54, 1.807) is 0 Å². The Hall–Kier alpha value is -1.42. The number of thiocarbonyl (C=S) groups is 1. The Morgan fingerprint density at radius 3 is 2.13 bits per heavy atom. The number of rotatable bonds is 2. The van der Waals surface area contributed by atoms with Gasteiger partial charge in [0.2, 0.25) is 5.91 Å². The Bertz CT molecular complexity index is 592. The molecule has 0 aromatic heterocycles. The van der Waals surface area contributed by atoms with Gasteiger partial charge in [0.15, 0.2) is 5.11 Å². The van der Waals surface area contributed by atoms with E-state index >= 15 is 0 Å². The maximum absolute atomic E-state index is 13.0. The number of para-hydroxylation sites is 1. The second-order valence-corrected chi connectivity index (χ2v) is 8.24. The summed E-state index contributed by atoms with van der Waals surface area (Å²) in [4.78, 5) is 14.9. The van der Waals surface area contributed by atoms with Gasteiger partial charge in [-0.2, -0.15) is 0 Å². The van der Waals surface area contributed by atoms with Gasteiger partial charge < -0.3 is 10.2 Å². The van der Waals surface area contributed by atoms with E-state index in [1.165, 1.54) is 19.3 Å².